The van der Waals surface area contributed by atoms with E-state index in [1.54, 1.807) is 6.26 Å². The molecule has 1 fully saturated rings. The van der Waals surface area contributed by atoms with Crippen LogP contribution in [-0.2, 0) is 13.1 Å². The highest BCUT2D eigenvalue weighted by atomic mass is 16.3. The Morgan fingerprint density at radius 1 is 1.07 bits per heavy atom. The van der Waals surface area contributed by atoms with Gasteiger partial charge in [0.15, 0.2) is 5.96 Å². The lowest BCUT2D eigenvalue weighted by molar-refractivity contribution is 0.199. The summed E-state index contributed by atoms with van der Waals surface area (Å²) in [5, 5.41) is 4.48. The van der Waals surface area contributed by atoms with Crippen molar-refractivity contribution in [3.8, 4) is 0 Å². The molecule has 1 aliphatic rings. The molecule has 2 heterocycles. The van der Waals surface area contributed by atoms with E-state index < -0.39 is 0 Å². The fraction of sp³-hybridized carbons (Fsp3) is 0.318. The van der Waals surface area contributed by atoms with Crippen LogP contribution in [0.5, 0.6) is 0 Å². The van der Waals surface area contributed by atoms with E-state index in [1.807, 2.05) is 18.2 Å². The summed E-state index contributed by atoms with van der Waals surface area (Å²) < 4.78 is 5.56. The summed E-state index contributed by atoms with van der Waals surface area (Å²) in [7, 11) is 0. The van der Waals surface area contributed by atoms with Crippen molar-refractivity contribution in [3.05, 3.63) is 72.0 Å². The van der Waals surface area contributed by atoms with Gasteiger partial charge in [0, 0.05) is 36.6 Å². The van der Waals surface area contributed by atoms with Crippen LogP contribution in [0.25, 0.3) is 11.0 Å². The molecule has 2 aromatic carbocycles. The van der Waals surface area contributed by atoms with Crippen molar-refractivity contribution in [2.45, 2.75) is 32.0 Å². The van der Waals surface area contributed by atoms with E-state index in [4.69, 9.17) is 10.2 Å². The summed E-state index contributed by atoms with van der Waals surface area (Å²) in [6.07, 6.45) is 3.93. The fourth-order valence-corrected chi connectivity index (χ4v) is 3.66. The zero-order valence-electron chi connectivity index (χ0n) is 15.5. The van der Waals surface area contributed by atoms with Crippen LogP contribution in [0.4, 0.5) is 0 Å². The smallest absolute Gasteiger partial charge is 0.189 e. The topological polar surface area (TPSA) is 66.8 Å². The highest BCUT2D eigenvalue weighted by molar-refractivity contribution is 5.82. The predicted octanol–water partition coefficient (Wildman–Crippen LogP) is 3.50. The van der Waals surface area contributed by atoms with Gasteiger partial charge in [-0.1, -0.05) is 48.5 Å². The van der Waals surface area contributed by atoms with Gasteiger partial charge in [-0.15, -0.1) is 0 Å². The van der Waals surface area contributed by atoms with Crippen LogP contribution in [0, 0.1) is 0 Å². The van der Waals surface area contributed by atoms with Gasteiger partial charge in [-0.3, -0.25) is 4.90 Å². The van der Waals surface area contributed by atoms with Crippen LogP contribution >= 0.6 is 0 Å². The quantitative estimate of drug-likeness (QED) is 0.538. The van der Waals surface area contributed by atoms with Crippen molar-refractivity contribution in [2.24, 2.45) is 10.7 Å². The standard InChI is InChI=1S/C22H26N4O/c23-22(24-14-18-16-27-21-9-5-4-8-20(18)21)25-19-10-12-26(13-11-19)15-17-6-2-1-3-7-17/h1-9,16,19H,10-15H2,(H3,23,24,25). The Morgan fingerprint density at radius 3 is 2.63 bits per heavy atom. The summed E-state index contributed by atoms with van der Waals surface area (Å²) in [5.41, 5.74) is 9.44. The van der Waals surface area contributed by atoms with Crippen LogP contribution in [-0.4, -0.2) is 30.0 Å². The van der Waals surface area contributed by atoms with Gasteiger partial charge in [-0.25, -0.2) is 4.99 Å². The zero-order valence-corrected chi connectivity index (χ0v) is 15.5. The molecule has 1 aromatic heterocycles. The van der Waals surface area contributed by atoms with Gasteiger partial charge in [0.05, 0.1) is 12.8 Å². The molecule has 4 rings (SSSR count). The number of nitrogens with two attached hydrogens (primary N) is 1. The summed E-state index contributed by atoms with van der Waals surface area (Å²) in [6.45, 7) is 3.70. The first-order valence-corrected chi connectivity index (χ1v) is 9.56. The number of hydrogen-bond acceptors (Lipinski definition) is 3. The normalized spacial score (nSPS) is 16.7. The number of nitrogens with zero attached hydrogens (tertiary/aromatic N) is 2. The minimum atomic E-state index is 0.391. The SMILES string of the molecule is NC(=NCc1coc2ccccc12)NC1CCN(Cc2ccccc2)CC1. The second-order valence-electron chi connectivity index (χ2n) is 7.14. The number of benzene rings is 2. The summed E-state index contributed by atoms with van der Waals surface area (Å²) in [6, 6.07) is 19.0. The number of furan rings is 1. The minimum Gasteiger partial charge on any atom is -0.464 e. The molecule has 0 spiro atoms. The number of nitrogens with one attached hydrogen (secondary N) is 1. The maximum absolute atomic E-state index is 6.12. The third-order valence-electron chi connectivity index (χ3n) is 5.17. The van der Waals surface area contributed by atoms with Crippen LogP contribution < -0.4 is 11.1 Å². The molecule has 0 atom stereocenters. The Bertz CT molecular complexity index is 895. The second kappa shape index (κ2) is 8.27. The van der Waals surface area contributed by atoms with Crippen LogP contribution in [0.1, 0.15) is 24.0 Å². The molecule has 140 valence electrons. The first-order valence-electron chi connectivity index (χ1n) is 9.56. The van der Waals surface area contributed by atoms with Gasteiger partial charge >= 0.3 is 0 Å². The molecule has 5 nitrogen and oxygen atoms in total. The van der Waals surface area contributed by atoms with Gasteiger partial charge < -0.3 is 15.5 Å². The number of piperidine rings is 1. The lowest BCUT2D eigenvalue weighted by Gasteiger charge is -2.32. The van der Waals surface area contributed by atoms with E-state index in [9.17, 15) is 0 Å². The average Bonchev–Trinajstić information content (AvgIpc) is 3.12. The molecule has 27 heavy (non-hydrogen) atoms. The van der Waals surface area contributed by atoms with E-state index in [2.05, 4.69) is 51.6 Å². The fourth-order valence-electron chi connectivity index (χ4n) is 3.66. The molecule has 1 aliphatic heterocycles. The maximum atomic E-state index is 6.12. The first-order chi connectivity index (χ1) is 13.3. The average molecular weight is 362 g/mol. The van der Waals surface area contributed by atoms with Gasteiger partial charge in [-0.05, 0) is 24.5 Å². The Hall–Kier alpha value is -2.79. The predicted molar refractivity (Wildman–Crippen MR) is 109 cm³/mol. The molecule has 3 aromatic rings. The number of likely N-dealkylation sites (tertiary alicyclic amines) is 1. The largest absolute Gasteiger partial charge is 0.464 e. The van der Waals surface area contributed by atoms with Crippen molar-refractivity contribution in [1.82, 2.24) is 10.2 Å². The van der Waals surface area contributed by atoms with Crippen molar-refractivity contribution >= 4 is 16.9 Å². The number of hydrogen-bond donors (Lipinski definition) is 2. The van der Waals surface area contributed by atoms with E-state index >= 15 is 0 Å². The van der Waals surface area contributed by atoms with Crippen molar-refractivity contribution < 1.29 is 4.42 Å². The number of rotatable bonds is 5. The summed E-state index contributed by atoms with van der Waals surface area (Å²) in [5.74, 6) is 0.516. The van der Waals surface area contributed by atoms with E-state index in [-0.39, 0.29) is 0 Å². The molecule has 0 saturated carbocycles. The molecule has 0 bridgehead atoms. The highest BCUT2D eigenvalue weighted by Crippen LogP contribution is 2.21. The zero-order chi connectivity index (χ0) is 18.5. The maximum Gasteiger partial charge on any atom is 0.189 e. The van der Waals surface area contributed by atoms with E-state index in [0.29, 0.717) is 18.5 Å². The molecule has 1 saturated heterocycles. The van der Waals surface area contributed by atoms with Crippen LogP contribution in [0.3, 0.4) is 0 Å². The monoisotopic (exact) mass is 362 g/mol. The van der Waals surface area contributed by atoms with Crippen molar-refractivity contribution in [2.75, 3.05) is 13.1 Å². The third-order valence-corrected chi connectivity index (χ3v) is 5.17. The molecule has 0 aliphatic carbocycles. The van der Waals surface area contributed by atoms with E-state index in [1.165, 1.54) is 5.56 Å². The molecule has 5 heteroatoms. The Morgan fingerprint density at radius 2 is 1.81 bits per heavy atom. The third kappa shape index (κ3) is 4.49. The Balaban J connectivity index is 1.26. The van der Waals surface area contributed by atoms with E-state index in [0.717, 1.165) is 49.0 Å². The number of aliphatic imine (C=N–C) groups is 1. The van der Waals surface area contributed by atoms with Crippen LogP contribution in [0.2, 0.25) is 0 Å². The Labute approximate surface area is 159 Å². The lowest BCUT2D eigenvalue weighted by Crippen LogP contribution is -2.46. The summed E-state index contributed by atoms with van der Waals surface area (Å²) >= 11 is 0. The Kier molecular flexibility index (Phi) is 5.39. The molecular formula is C22H26N4O. The molecule has 3 N–H and O–H groups in total. The second-order valence-corrected chi connectivity index (χ2v) is 7.14. The number of fused-ring (bicyclic) bond motifs is 1. The highest BCUT2D eigenvalue weighted by Gasteiger charge is 2.19. The lowest BCUT2D eigenvalue weighted by atomic mass is 10.0. The summed E-state index contributed by atoms with van der Waals surface area (Å²) in [4.78, 5) is 7.01. The number of guanidine groups is 1. The molecule has 0 radical (unpaired) electrons. The van der Waals surface area contributed by atoms with Crippen molar-refractivity contribution in [1.29, 1.82) is 0 Å². The van der Waals surface area contributed by atoms with Gasteiger partial charge in [-0.2, -0.15) is 0 Å². The first kappa shape index (κ1) is 17.6. The molecule has 0 unspecified atom stereocenters. The number of para-hydroxylation sites is 1. The van der Waals surface area contributed by atoms with Gasteiger partial charge in [0.2, 0.25) is 0 Å². The van der Waals surface area contributed by atoms with Crippen molar-refractivity contribution in [3.63, 3.8) is 0 Å². The molecule has 0 amide bonds. The molecular weight excluding hydrogens is 336 g/mol. The van der Waals surface area contributed by atoms with Gasteiger partial charge in [0.25, 0.3) is 0 Å². The van der Waals surface area contributed by atoms with Gasteiger partial charge in [0.1, 0.15) is 5.58 Å². The minimum absolute atomic E-state index is 0.391. The van der Waals surface area contributed by atoms with Crippen LogP contribution in [0.15, 0.2) is 70.3 Å².